The summed E-state index contributed by atoms with van der Waals surface area (Å²) in [6, 6.07) is 6.72. The van der Waals surface area contributed by atoms with Crippen molar-refractivity contribution >= 4 is 17.0 Å². The summed E-state index contributed by atoms with van der Waals surface area (Å²) in [7, 11) is 0. The van der Waals surface area contributed by atoms with Crippen LogP contribution in [0, 0.1) is 5.82 Å². The molecule has 0 bridgehead atoms. The Morgan fingerprint density at radius 1 is 1.42 bits per heavy atom. The van der Waals surface area contributed by atoms with Crippen LogP contribution in [0.2, 0.25) is 0 Å². The maximum absolute atomic E-state index is 13.1. The van der Waals surface area contributed by atoms with E-state index in [9.17, 15) is 4.39 Å². The van der Waals surface area contributed by atoms with Crippen LogP contribution in [0.1, 0.15) is 5.69 Å². The third-order valence-electron chi connectivity index (χ3n) is 1.85. The standard InChI is InChI=1S/C10H8FN/c1-2-7-6-8-9(11)4-3-5-10(8)12-7/h2-6,12H,1H2. The number of H-pyrrole nitrogens is 1. The van der Waals surface area contributed by atoms with Gasteiger partial charge in [-0.25, -0.2) is 4.39 Å². The number of hydrogen-bond donors (Lipinski definition) is 1. The zero-order valence-corrected chi connectivity index (χ0v) is 6.47. The van der Waals surface area contributed by atoms with Crippen LogP contribution in [0.15, 0.2) is 30.8 Å². The van der Waals surface area contributed by atoms with Gasteiger partial charge in [0.2, 0.25) is 0 Å². The molecule has 0 saturated carbocycles. The molecule has 0 aliphatic carbocycles. The fraction of sp³-hybridized carbons (Fsp3) is 0. The molecule has 1 nitrogen and oxygen atoms in total. The van der Waals surface area contributed by atoms with Crippen LogP contribution in [-0.2, 0) is 0 Å². The molecular formula is C10H8FN. The monoisotopic (exact) mass is 161 g/mol. The number of aromatic amines is 1. The summed E-state index contributed by atoms with van der Waals surface area (Å²) in [5, 5.41) is 0.618. The predicted octanol–water partition coefficient (Wildman–Crippen LogP) is 2.95. The number of halogens is 1. The van der Waals surface area contributed by atoms with Crippen molar-refractivity contribution in [1.82, 2.24) is 4.98 Å². The largest absolute Gasteiger partial charge is 0.355 e. The molecule has 0 atom stereocenters. The van der Waals surface area contributed by atoms with Crippen molar-refractivity contribution in [1.29, 1.82) is 0 Å². The molecule has 0 unspecified atom stereocenters. The van der Waals surface area contributed by atoms with Crippen molar-refractivity contribution in [2.45, 2.75) is 0 Å². The van der Waals surface area contributed by atoms with Crippen molar-refractivity contribution in [3.8, 4) is 0 Å². The molecular weight excluding hydrogens is 153 g/mol. The van der Waals surface area contributed by atoms with Crippen LogP contribution in [0.3, 0.4) is 0 Å². The van der Waals surface area contributed by atoms with E-state index in [1.54, 1.807) is 18.2 Å². The van der Waals surface area contributed by atoms with Gasteiger partial charge in [-0.05, 0) is 24.3 Å². The molecule has 1 aromatic carbocycles. The Hall–Kier alpha value is -1.57. The second-order valence-electron chi connectivity index (χ2n) is 2.63. The Morgan fingerprint density at radius 2 is 2.25 bits per heavy atom. The van der Waals surface area contributed by atoms with E-state index in [4.69, 9.17) is 0 Å². The summed E-state index contributed by atoms with van der Waals surface area (Å²) in [6.45, 7) is 3.60. The Labute approximate surface area is 69.5 Å². The van der Waals surface area contributed by atoms with Crippen LogP contribution in [0.25, 0.3) is 17.0 Å². The molecule has 60 valence electrons. The summed E-state index contributed by atoms with van der Waals surface area (Å²) < 4.78 is 13.1. The third kappa shape index (κ3) is 0.925. The minimum absolute atomic E-state index is 0.197. The Bertz CT molecular complexity index is 428. The summed E-state index contributed by atoms with van der Waals surface area (Å²) >= 11 is 0. The molecule has 0 amide bonds. The second-order valence-corrected chi connectivity index (χ2v) is 2.63. The van der Waals surface area contributed by atoms with Gasteiger partial charge in [0.05, 0.1) is 0 Å². The van der Waals surface area contributed by atoms with E-state index in [1.807, 2.05) is 6.07 Å². The zero-order chi connectivity index (χ0) is 8.55. The van der Waals surface area contributed by atoms with Crippen molar-refractivity contribution in [2.75, 3.05) is 0 Å². The Kier molecular flexibility index (Phi) is 1.47. The summed E-state index contributed by atoms with van der Waals surface area (Å²) in [6.07, 6.45) is 1.67. The summed E-state index contributed by atoms with van der Waals surface area (Å²) in [4.78, 5) is 3.03. The Morgan fingerprint density at radius 3 is 2.92 bits per heavy atom. The number of rotatable bonds is 1. The average Bonchev–Trinajstić information content (AvgIpc) is 2.49. The molecule has 0 aliphatic heterocycles. The van der Waals surface area contributed by atoms with Gasteiger partial charge in [-0.2, -0.15) is 0 Å². The number of benzene rings is 1. The van der Waals surface area contributed by atoms with Crippen LogP contribution < -0.4 is 0 Å². The first kappa shape index (κ1) is 7.10. The van der Waals surface area contributed by atoms with Gasteiger partial charge >= 0.3 is 0 Å². The minimum atomic E-state index is -0.197. The van der Waals surface area contributed by atoms with E-state index in [0.717, 1.165) is 11.2 Å². The van der Waals surface area contributed by atoms with Crippen molar-refractivity contribution in [2.24, 2.45) is 0 Å². The fourth-order valence-electron chi connectivity index (χ4n) is 1.25. The minimum Gasteiger partial charge on any atom is -0.355 e. The second kappa shape index (κ2) is 2.48. The van der Waals surface area contributed by atoms with Crippen molar-refractivity contribution in [3.05, 3.63) is 42.4 Å². The molecule has 0 saturated heterocycles. The molecule has 2 heteroatoms. The molecule has 2 rings (SSSR count). The fourth-order valence-corrected chi connectivity index (χ4v) is 1.25. The van der Waals surface area contributed by atoms with E-state index < -0.39 is 0 Å². The van der Waals surface area contributed by atoms with E-state index in [-0.39, 0.29) is 5.82 Å². The smallest absolute Gasteiger partial charge is 0.132 e. The number of aromatic nitrogens is 1. The first-order chi connectivity index (χ1) is 5.81. The quantitative estimate of drug-likeness (QED) is 0.661. The first-order valence-corrected chi connectivity index (χ1v) is 3.71. The van der Waals surface area contributed by atoms with E-state index in [2.05, 4.69) is 11.6 Å². The summed E-state index contributed by atoms with van der Waals surface area (Å²) in [5.74, 6) is -0.197. The molecule has 2 aromatic rings. The molecule has 0 fully saturated rings. The molecule has 0 radical (unpaired) electrons. The highest BCUT2D eigenvalue weighted by atomic mass is 19.1. The Balaban J connectivity index is 2.82. The maximum atomic E-state index is 13.1. The van der Waals surface area contributed by atoms with Crippen LogP contribution >= 0.6 is 0 Å². The van der Waals surface area contributed by atoms with Gasteiger partial charge < -0.3 is 4.98 Å². The number of hydrogen-bond acceptors (Lipinski definition) is 0. The van der Waals surface area contributed by atoms with E-state index in [1.165, 1.54) is 6.07 Å². The van der Waals surface area contributed by atoms with Crippen LogP contribution in [0.5, 0.6) is 0 Å². The normalized spacial score (nSPS) is 10.4. The highest BCUT2D eigenvalue weighted by Gasteiger charge is 2.01. The van der Waals surface area contributed by atoms with Crippen molar-refractivity contribution < 1.29 is 4.39 Å². The average molecular weight is 161 g/mol. The molecule has 1 N–H and O–H groups in total. The predicted molar refractivity (Wildman–Crippen MR) is 48.3 cm³/mol. The van der Waals surface area contributed by atoms with Crippen molar-refractivity contribution in [3.63, 3.8) is 0 Å². The lowest BCUT2D eigenvalue weighted by Gasteiger charge is -1.88. The highest BCUT2D eigenvalue weighted by Crippen LogP contribution is 2.18. The third-order valence-corrected chi connectivity index (χ3v) is 1.85. The van der Waals surface area contributed by atoms with Gasteiger partial charge in [0.15, 0.2) is 0 Å². The van der Waals surface area contributed by atoms with E-state index in [0.29, 0.717) is 5.39 Å². The van der Waals surface area contributed by atoms with Gasteiger partial charge in [-0.3, -0.25) is 0 Å². The molecule has 1 heterocycles. The SMILES string of the molecule is C=Cc1cc2c(F)cccc2[nH]1. The molecule has 1 aromatic heterocycles. The number of fused-ring (bicyclic) bond motifs is 1. The topological polar surface area (TPSA) is 15.8 Å². The van der Waals surface area contributed by atoms with Gasteiger partial charge in [-0.1, -0.05) is 12.6 Å². The highest BCUT2D eigenvalue weighted by molar-refractivity contribution is 5.82. The summed E-state index contributed by atoms with van der Waals surface area (Å²) in [5.41, 5.74) is 1.65. The molecule has 0 spiro atoms. The van der Waals surface area contributed by atoms with Gasteiger partial charge in [0, 0.05) is 16.6 Å². The zero-order valence-electron chi connectivity index (χ0n) is 6.47. The van der Waals surface area contributed by atoms with Crippen LogP contribution in [0.4, 0.5) is 4.39 Å². The lowest BCUT2D eigenvalue weighted by molar-refractivity contribution is 0.640. The van der Waals surface area contributed by atoms with Gasteiger partial charge in [-0.15, -0.1) is 0 Å². The molecule has 12 heavy (non-hydrogen) atoms. The van der Waals surface area contributed by atoms with Crippen LogP contribution in [-0.4, -0.2) is 4.98 Å². The molecule has 0 aliphatic rings. The maximum Gasteiger partial charge on any atom is 0.132 e. The van der Waals surface area contributed by atoms with Gasteiger partial charge in [0.1, 0.15) is 5.82 Å². The lowest BCUT2D eigenvalue weighted by atomic mass is 10.2. The van der Waals surface area contributed by atoms with Gasteiger partial charge in [0.25, 0.3) is 0 Å². The number of nitrogens with one attached hydrogen (secondary N) is 1. The van der Waals surface area contributed by atoms with E-state index >= 15 is 0 Å². The first-order valence-electron chi connectivity index (χ1n) is 3.71. The lowest BCUT2D eigenvalue weighted by Crippen LogP contribution is -1.72.